The zero-order valence-corrected chi connectivity index (χ0v) is 9.25. The van der Waals surface area contributed by atoms with Crippen molar-refractivity contribution in [1.29, 1.82) is 0 Å². The number of rotatable bonds is 1. The second-order valence-electron chi connectivity index (χ2n) is 3.84. The molecular weight excluding hydrogens is 242 g/mol. The fourth-order valence-electron chi connectivity index (χ4n) is 1.91. The number of halogens is 1. The van der Waals surface area contributed by atoms with E-state index in [0.29, 0.717) is 5.92 Å². The van der Waals surface area contributed by atoms with Gasteiger partial charge in [-0.1, -0.05) is 27.5 Å². The van der Waals surface area contributed by atoms with E-state index in [0.717, 1.165) is 15.7 Å². The Morgan fingerprint density at radius 1 is 1.36 bits per heavy atom. The molecule has 14 heavy (non-hydrogen) atoms. The first-order valence-corrected chi connectivity index (χ1v) is 5.69. The van der Waals surface area contributed by atoms with Gasteiger partial charge in [0.15, 0.2) is 5.58 Å². The van der Waals surface area contributed by atoms with Gasteiger partial charge < -0.3 is 4.52 Å². The van der Waals surface area contributed by atoms with E-state index < -0.39 is 0 Å². The van der Waals surface area contributed by atoms with Gasteiger partial charge in [-0.05, 0) is 31.0 Å². The van der Waals surface area contributed by atoms with Crippen LogP contribution < -0.4 is 0 Å². The molecule has 0 unspecified atom stereocenters. The van der Waals surface area contributed by atoms with Crippen molar-refractivity contribution in [2.75, 3.05) is 0 Å². The van der Waals surface area contributed by atoms with Crippen molar-refractivity contribution in [3.63, 3.8) is 0 Å². The molecule has 2 aromatic rings. The summed E-state index contributed by atoms with van der Waals surface area (Å²) in [5.74, 6) is 0.637. The van der Waals surface area contributed by atoms with Gasteiger partial charge in [0.25, 0.3) is 0 Å². The fraction of sp³-hybridized carbons (Fsp3) is 0.364. The monoisotopic (exact) mass is 251 g/mol. The Morgan fingerprint density at radius 3 is 2.93 bits per heavy atom. The molecule has 2 nitrogen and oxygen atoms in total. The van der Waals surface area contributed by atoms with Gasteiger partial charge in [-0.3, -0.25) is 0 Å². The van der Waals surface area contributed by atoms with Crippen molar-refractivity contribution >= 4 is 26.9 Å². The molecule has 1 fully saturated rings. The van der Waals surface area contributed by atoms with Crippen LogP contribution in [-0.2, 0) is 0 Å². The van der Waals surface area contributed by atoms with Crippen LogP contribution in [0.25, 0.3) is 11.0 Å². The van der Waals surface area contributed by atoms with E-state index in [9.17, 15) is 0 Å². The molecule has 72 valence electrons. The van der Waals surface area contributed by atoms with Gasteiger partial charge in [0.05, 0.1) is 5.69 Å². The summed E-state index contributed by atoms with van der Waals surface area (Å²) in [6.45, 7) is 0. The molecule has 0 atom stereocenters. The van der Waals surface area contributed by atoms with E-state index in [1.807, 2.05) is 12.1 Å². The van der Waals surface area contributed by atoms with Crippen LogP contribution in [0.15, 0.2) is 27.2 Å². The molecule has 0 aliphatic heterocycles. The number of fused-ring (bicyclic) bond motifs is 1. The molecule has 1 aliphatic carbocycles. The van der Waals surface area contributed by atoms with Crippen LogP contribution in [0.4, 0.5) is 0 Å². The zero-order chi connectivity index (χ0) is 9.54. The Balaban J connectivity index is 2.16. The Bertz CT molecular complexity index is 473. The summed E-state index contributed by atoms with van der Waals surface area (Å²) < 4.78 is 6.35. The van der Waals surface area contributed by atoms with Crippen molar-refractivity contribution < 1.29 is 4.52 Å². The number of hydrogen-bond acceptors (Lipinski definition) is 2. The van der Waals surface area contributed by atoms with E-state index in [1.165, 1.54) is 24.6 Å². The Kier molecular flexibility index (Phi) is 1.87. The van der Waals surface area contributed by atoms with Crippen molar-refractivity contribution in [2.45, 2.75) is 25.2 Å². The molecule has 1 heterocycles. The lowest BCUT2D eigenvalue weighted by Gasteiger charge is -2.22. The molecule has 1 aromatic heterocycles. The van der Waals surface area contributed by atoms with Gasteiger partial charge in [-0.2, -0.15) is 0 Å². The third-order valence-corrected chi connectivity index (χ3v) is 3.45. The summed E-state index contributed by atoms with van der Waals surface area (Å²) in [5.41, 5.74) is 2.04. The van der Waals surface area contributed by atoms with Gasteiger partial charge >= 0.3 is 0 Å². The summed E-state index contributed by atoms with van der Waals surface area (Å²) in [7, 11) is 0. The van der Waals surface area contributed by atoms with Gasteiger partial charge in [-0.25, -0.2) is 0 Å². The van der Waals surface area contributed by atoms with E-state index in [1.54, 1.807) is 0 Å². The van der Waals surface area contributed by atoms with Gasteiger partial charge in [-0.15, -0.1) is 0 Å². The maximum Gasteiger partial charge on any atom is 0.168 e. The molecule has 0 N–H and O–H groups in total. The first kappa shape index (κ1) is 8.48. The summed E-state index contributed by atoms with van der Waals surface area (Å²) in [6, 6.07) is 6.11. The average Bonchev–Trinajstić information content (AvgIpc) is 2.45. The normalized spacial score (nSPS) is 17.2. The lowest BCUT2D eigenvalue weighted by molar-refractivity contribution is 0.375. The second-order valence-corrected chi connectivity index (χ2v) is 4.75. The topological polar surface area (TPSA) is 26.0 Å². The Hall–Kier alpha value is -0.830. The van der Waals surface area contributed by atoms with E-state index in [4.69, 9.17) is 4.52 Å². The molecule has 3 heteroatoms. The molecule has 0 spiro atoms. The van der Waals surface area contributed by atoms with Crippen LogP contribution in [0.1, 0.15) is 30.9 Å². The number of aromatic nitrogens is 1. The highest BCUT2D eigenvalue weighted by molar-refractivity contribution is 9.10. The lowest BCUT2D eigenvalue weighted by Crippen LogP contribution is -2.09. The minimum absolute atomic E-state index is 0.637. The van der Waals surface area contributed by atoms with Crippen LogP contribution in [0, 0.1) is 0 Å². The standard InChI is InChI=1S/C11H10BrNO/c12-8-4-5-9-10(6-8)14-13-11(9)7-2-1-3-7/h4-7H,1-3H2. The van der Waals surface area contributed by atoms with Gasteiger partial charge in [0.1, 0.15) is 0 Å². The highest BCUT2D eigenvalue weighted by Gasteiger charge is 2.24. The molecule has 0 amide bonds. The molecule has 1 aromatic carbocycles. The summed E-state index contributed by atoms with van der Waals surface area (Å²) >= 11 is 3.42. The number of nitrogens with zero attached hydrogens (tertiary/aromatic N) is 1. The van der Waals surface area contributed by atoms with Crippen LogP contribution >= 0.6 is 15.9 Å². The largest absolute Gasteiger partial charge is 0.356 e. The lowest BCUT2D eigenvalue weighted by atomic mass is 9.82. The predicted molar refractivity (Wildman–Crippen MR) is 58.3 cm³/mol. The predicted octanol–water partition coefficient (Wildman–Crippen LogP) is 3.86. The first-order chi connectivity index (χ1) is 6.84. The summed E-state index contributed by atoms with van der Waals surface area (Å²) in [4.78, 5) is 0. The van der Waals surface area contributed by atoms with Crippen LogP contribution in [0.2, 0.25) is 0 Å². The smallest absolute Gasteiger partial charge is 0.168 e. The third kappa shape index (κ3) is 1.19. The summed E-state index contributed by atoms with van der Waals surface area (Å²) in [5, 5.41) is 5.34. The van der Waals surface area contributed by atoms with Crippen molar-refractivity contribution in [3.05, 3.63) is 28.4 Å². The summed E-state index contributed by atoms with van der Waals surface area (Å²) in [6.07, 6.45) is 3.85. The quantitative estimate of drug-likeness (QED) is 0.770. The molecule has 3 rings (SSSR count). The molecule has 1 saturated carbocycles. The highest BCUT2D eigenvalue weighted by Crippen LogP contribution is 2.39. The van der Waals surface area contributed by atoms with Crippen molar-refractivity contribution in [1.82, 2.24) is 5.16 Å². The number of benzene rings is 1. The Labute approximate surface area is 90.4 Å². The fourth-order valence-corrected chi connectivity index (χ4v) is 2.25. The number of hydrogen-bond donors (Lipinski definition) is 0. The molecule has 0 radical (unpaired) electrons. The molecular formula is C11H10BrNO. The molecule has 0 bridgehead atoms. The molecule has 0 saturated heterocycles. The minimum atomic E-state index is 0.637. The van der Waals surface area contributed by atoms with Crippen LogP contribution in [-0.4, -0.2) is 5.16 Å². The zero-order valence-electron chi connectivity index (χ0n) is 7.66. The highest BCUT2D eigenvalue weighted by atomic mass is 79.9. The van der Waals surface area contributed by atoms with Crippen LogP contribution in [0.5, 0.6) is 0 Å². The third-order valence-electron chi connectivity index (χ3n) is 2.95. The second kappa shape index (κ2) is 3.09. The maximum atomic E-state index is 5.31. The maximum absolute atomic E-state index is 5.31. The minimum Gasteiger partial charge on any atom is -0.356 e. The SMILES string of the molecule is Brc1ccc2c(C3CCC3)noc2c1. The van der Waals surface area contributed by atoms with E-state index in [2.05, 4.69) is 27.2 Å². The van der Waals surface area contributed by atoms with Crippen LogP contribution in [0.3, 0.4) is 0 Å². The molecule has 1 aliphatic rings. The van der Waals surface area contributed by atoms with E-state index >= 15 is 0 Å². The first-order valence-electron chi connectivity index (χ1n) is 4.89. The van der Waals surface area contributed by atoms with Gasteiger partial charge in [0.2, 0.25) is 0 Å². The van der Waals surface area contributed by atoms with Crippen molar-refractivity contribution in [2.24, 2.45) is 0 Å². The van der Waals surface area contributed by atoms with Crippen molar-refractivity contribution in [3.8, 4) is 0 Å². The van der Waals surface area contributed by atoms with E-state index in [-0.39, 0.29) is 0 Å². The Morgan fingerprint density at radius 2 is 2.21 bits per heavy atom. The van der Waals surface area contributed by atoms with Gasteiger partial charge in [0, 0.05) is 15.8 Å². The average molecular weight is 252 g/mol.